The SMILES string of the molecule is CCCCC(CC)CN(C)CCCCCCN(C)CCCCCCN(C)CC(CC)CCCC. The maximum Gasteiger partial charge on any atom is 0.000650 e. The van der Waals surface area contributed by atoms with Crippen molar-refractivity contribution in [3.8, 4) is 0 Å². The third kappa shape index (κ3) is 21.2. The molecule has 0 N–H and O–H groups in total. The van der Waals surface area contributed by atoms with Crippen molar-refractivity contribution in [3.05, 3.63) is 0 Å². The Balaban J connectivity index is 3.58. The zero-order valence-corrected chi connectivity index (χ0v) is 25.1. The van der Waals surface area contributed by atoms with Gasteiger partial charge in [0.1, 0.15) is 0 Å². The molecule has 0 saturated carbocycles. The third-order valence-electron chi connectivity index (χ3n) is 7.89. The molecule has 34 heavy (non-hydrogen) atoms. The van der Waals surface area contributed by atoms with Gasteiger partial charge in [0.2, 0.25) is 0 Å². The van der Waals surface area contributed by atoms with Crippen molar-refractivity contribution in [2.45, 2.75) is 130 Å². The van der Waals surface area contributed by atoms with E-state index in [4.69, 9.17) is 0 Å². The fraction of sp³-hybridized carbons (Fsp3) is 1.00. The fourth-order valence-electron chi connectivity index (χ4n) is 5.24. The first kappa shape index (κ1) is 33.9. The Morgan fingerprint density at radius 3 is 1.03 bits per heavy atom. The normalized spacial score (nSPS) is 13.9. The van der Waals surface area contributed by atoms with E-state index in [1.165, 1.54) is 142 Å². The van der Waals surface area contributed by atoms with E-state index in [1.54, 1.807) is 0 Å². The zero-order valence-electron chi connectivity index (χ0n) is 25.1. The van der Waals surface area contributed by atoms with Crippen molar-refractivity contribution >= 4 is 0 Å². The van der Waals surface area contributed by atoms with Crippen LogP contribution in [0.4, 0.5) is 0 Å². The lowest BCUT2D eigenvalue weighted by molar-refractivity contribution is 0.252. The highest BCUT2D eigenvalue weighted by Crippen LogP contribution is 2.15. The smallest absolute Gasteiger partial charge is 0.000650 e. The molecule has 0 spiro atoms. The van der Waals surface area contributed by atoms with Crippen LogP contribution < -0.4 is 0 Å². The largest absolute Gasteiger partial charge is 0.306 e. The second kappa shape index (κ2) is 24.6. The standard InChI is InChI=1S/C31H67N3/c1-8-12-22-30(10-3)28-33(6)26-20-16-14-18-24-32(5)25-19-15-17-21-27-34(7)29-31(11-4)23-13-9-2/h30-31H,8-29H2,1-7H3. The Hall–Kier alpha value is -0.120. The molecule has 2 atom stereocenters. The third-order valence-corrected chi connectivity index (χ3v) is 7.89. The highest BCUT2D eigenvalue weighted by Gasteiger charge is 2.10. The molecule has 0 fully saturated rings. The monoisotopic (exact) mass is 482 g/mol. The van der Waals surface area contributed by atoms with E-state index >= 15 is 0 Å². The molecule has 3 heteroatoms. The highest BCUT2D eigenvalue weighted by molar-refractivity contribution is 4.64. The van der Waals surface area contributed by atoms with Crippen LogP contribution in [0.15, 0.2) is 0 Å². The molecule has 0 amide bonds. The molecule has 0 rings (SSSR count). The van der Waals surface area contributed by atoms with Crippen molar-refractivity contribution in [1.29, 1.82) is 0 Å². The van der Waals surface area contributed by atoms with Crippen molar-refractivity contribution < 1.29 is 0 Å². The molecule has 0 aromatic rings. The Morgan fingerprint density at radius 2 is 0.735 bits per heavy atom. The lowest BCUT2D eigenvalue weighted by Crippen LogP contribution is -2.26. The van der Waals surface area contributed by atoms with Gasteiger partial charge >= 0.3 is 0 Å². The minimum Gasteiger partial charge on any atom is -0.306 e. The van der Waals surface area contributed by atoms with Crippen LogP contribution in [0, 0.1) is 11.8 Å². The minimum absolute atomic E-state index is 0.906. The van der Waals surface area contributed by atoms with Gasteiger partial charge in [-0.3, -0.25) is 0 Å². The van der Waals surface area contributed by atoms with Gasteiger partial charge in [-0.2, -0.15) is 0 Å². The molecule has 0 aromatic carbocycles. The first-order chi connectivity index (χ1) is 16.5. The van der Waals surface area contributed by atoms with E-state index in [2.05, 4.69) is 63.5 Å². The molecule has 0 bridgehead atoms. The van der Waals surface area contributed by atoms with Gasteiger partial charge in [-0.1, -0.05) is 91.9 Å². The average molecular weight is 482 g/mol. The number of unbranched alkanes of at least 4 members (excludes halogenated alkanes) is 8. The van der Waals surface area contributed by atoms with E-state index in [-0.39, 0.29) is 0 Å². The Morgan fingerprint density at radius 1 is 0.412 bits per heavy atom. The van der Waals surface area contributed by atoms with Gasteiger partial charge < -0.3 is 14.7 Å². The van der Waals surface area contributed by atoms with Gasteiger partial charge in [-0.05, 0) is 97.7 Å². The molecular weight excluding hydrogens is 414 g/mol. The molecular formula is C31H67N3. The summed E-state index contributed by atoms with van der Waals surface area (Å²) < 4.78 is 0. The Kier molecular flexibility index (Phi) is 24.5. The van der Waals surface area contributed by atoms with Crippen LogP contribution in [-0.4, -0.2) is 75.1 Å². The summed E-state index contributed by atoms with van der Waals surface area (Å²) in [7, 11) is 6.98. The van der Waals surface area contributed by atoms with Gasteiger partial charge in [0.05, 0.1) is 0 Å². The van der Waals surface area contributed by atoms with Crippen LogP contribution in [0.25, 0.3) is 0 Å². The Labute approximate surface area is 217 Å². The van der Waals surface area contributed by atoms with Crippen LogP contribution >= 0.6 is 0 Å². The Bertz CT molecular complexity index is 364. The van der Waals surface area contributed by atoms with Crippen molar-refractivity contribution in [1.82, 2.24) is 14.7 Å². The maximum absolute atomic E-state index is 2.59. The van der Waals surface area contributed by atoms with Gasteiger partial charge in [-0.25, -0.2) is 0 Å². The maximum atomic E-state index is 2.59. The van der Waals surface area contributed by atoms with E-state index in [9.17, 15) is 0 Å². The summed E-state index contributed by atoms with van der Waals surface area (Å²) >= 11 is 0. The summed E-state index contributed by atoms with van der Waals surface area (Å²) in [4.78, 5) is 7.74. The molecule has 0 aliphatic heterocycles. The lowest BCUT2D eigenvalue weighted by Gasteiger charge is -2.23. The molecule has 2 unspecified atom stereocenters. The topological polar surface area (TPSA) is 9.72 Å². The predicted octanol–water partition coefficient (Wildman–Crippen LogP) is 8.34. The molecule has 0 aliphatic rings. The van der Waals surface area contributed by atoms with Crippen LogP contribution in [0.5, 0.6) is 0 Å². The van der Waals surface area contributed by atoms with Gasteiger partial charge in [0, 0.05) is 13.1 Å². The summed E-state index contributed by atoms with van der Waals surface area (Å²) in [5.41, 5.74) is 0. The van der Waals surface area contributed by atoms with Gasteiger partial charge in [0.15, 0.2) is 0 Å². The molecule has 0 radical (unpaired) electrons. The number of hydrogen-bond acceptors (Lipinski definition) is 3. The first-order valence-electron chi connectivity index (χ1n) is 15.5. The number of hydrogen-bond donors (Lipinski definition) is 0. The fourth-order valence-corrected chi connectivity index (χ4v) is 5.24. The summed E-state index contributed by atoms with van der Waals surface area (Å²) in [6.45, 7) is 17.1. The van der Waals surface area contributed by atoms with Crippen molar-refractivity contribution in [3.63, 3.8) is 0 Å². The van der Waals surface area contributed by atoms with E-state index in [1.807, 2.05) is 0 Å². The number of rotatable bonds is 26. The molecule has 0 aromatic heterocycles. The zero-order chi connectivity index (χ0) is 25.4. The second-order valence-electron chi connectivity index (χ2n) is 11.5. The van der Waals surface area contributed by atoms with Crippen LogP contribution in [0.2, 0.25) is 0 Å². The van der Waals surface area contributed by atoms with E-state index < -0.39 is 0 Å². The molecule has 206 valence electrons. The molecule has 0 heterocycles. The van der Waals surface area contributed by atoms with E-state index in [0.29, 0.717) is 0 Å². The van der Waals surface area contributed by atoms with Crippen LogP contribution in [0.3, 0.4) is 0 Å². The number of nitrogens with zero attached hydrogens (tertiary/aromatic N) is 3. The molecule has 0 aliphatic carbocycles. The lowest BCUT2D eigenvalue weighted by atomic mass is 9.99. The summed E-state index contributed by atoms with van der Waals surface area (Å²) in [5.74, 6) is 1.81. The summed E-state index contributed by atoms with van der Waals surface area (Å²) in [6, 6.07) is 0. The van der Waals surface area contributed by atoms with Crippen molar-refractivity contribution in [2.75, 3.05) is 60.4 Å². The highest BCUT2D eigenvalue weighted by atomic mass is 15.1. The summed E-state index contributed by atoms with van der Waals surface area (Å²) in [5, 5.41) is 0. The molecule has 0 saturated heterocycles. The van der Waals surface area contributed by atoms with Crippen LogP contribution in [0.1, 0.15) is 130 Å². The average Bonchev–Trinajstić information content (AvgIpc) is 2.83. The second-order valence-corrected chi connectivity index (χ2v) is 11.5. The molecule has 3 nitrogen and oxygen atoms in total. The first-order valence-corrected chi connectivity index (χ1v) is 15.5. The van der Waals surface area contributed by atoms with Gasteiger partial charge in [-0.15, -0.1) is 0 Å². The van der Waals surface area contributed by atoms with E-state index in [0.717, 1.165) is 11.8 Å². The minimum atomic E-state index is 0.906. The summed E-state index contributed by atoms with van der Waals surface area (Å²) in [6.07, 6.45) is 22.1. The van der Waals surface area contributed by atoms with Crippen LogP contribution in [-0.2, 0) is 0 Å². The van der Waals surface area contributed by atoms with Gasteiger partial charge in [0.25, 0.3) is 0 Å². The predicted molar refractivity (Wildman–Crippen MR) is 156 cm³/mol. The quantitative estimate of drug-likeness (QED) is 0.115. The van der Waals surface area contributed by atoms with Crippen molar-refractivity contribution in [2.24, 2.45) is 11.8 Å².